The molecule has 0 radical (unpaired) electrons. The van der Waals surface area contributed by atoms with Crippen molar-refractivity contribution < 1.29 is 9.47 Å². The summed E-state index contributed by atoms with van der Waals surface area (Å²) in [5.41, 5.74) is 1.55. The van der Waals surface area contributed by atoms with Gasteiger partial charge >= 0.3 is 0 Å². The molecule has 0 N–H and O–H groups in total. The average Bonchev–Trinajstić information content (AvgIpc) is 2.61. The van der Waals surface area contributed by atoms with Gasteiger partial charge in [-0.3, -0.25) is 9.20 Å². The van der Waals surface area contributed by atoms with E-state index in [1.54, 1.807) is 20.4 Å². The van der Waals surface area contributed by atoms with Crippen LogP contribution in [0.1, 0.15) is 5.56 Å². The predicted octanol–water partition coefficient (Wildman–Crippen LogP) is 2.35. The number of aromatic nitrogens is 2. The summed E-state index contributed by atoms with van der Waals surface area (Å²) >= 11 is 0. The summed E-state index contributed by atoms with van der Waals surface area (Å²) in [6, 6.07) is 12.8. The molecule has 2 heterocycles. The fourth-order valence-corrected chi connectivity index (χ4v) is 2.57. The predicted molar refractivity (Wildman–Crippen MR) is 93.1 cm³/mol. The molecule has 0 atom stereocenters. The molecule has 0 aliphatic heterocycles. The van der Waals surface area contributed by atoms with Crippen LogP contribution in [0.2, 0.25) is 0 Å². The van der Waals surface area contributed by atoms with Crippen LogP contribution < -0.4 is 19.9 Å². The van der Waals surface area contributed by atoms with Crippen molar-refractivity contribution in [2.24, 2.45) is 0 Å². The van der Waals surface area contributed by atoms with E-state index < -0.39 is 0 Å². The van der Waals surface area contributed by atoms with E-state index in [4.69, 9.17) is 9.47 Å². The first kappa shape index (κ1) is 15.9. The fraction of sp³-hybridized carbons (Fsp3) is 0.222. The molecule has 0 saturated carbocycles. The van der Waals surface area contributed by atoms with E-state index in [-0.39, 0.29) is 5.56 Å². The van der Waals surface area contributed by atoms with E-state index >= 15 is 0 Å². The van der Waals surface area contributed by atoms with Crippen molar-refractivity contribution in [2.75, 3.05) is 26.2 Å². The van der Waals surface area contributed by atoms with Gasteiger partial charge in [0.25, 0.3) is 5.56 Å². The Balaban J connectivity index is 1.90. The van der Waals surface area contributed by atoms with Gasteiger partial charge in [0.2, 0.25) is 0 Å². The number of hydrogen-bond acceptors (Lipinski definition) is 5. The van der Waals surface area contributed by atoms with Crippen molar-refractivity contribution in [3.63, 3.8) is 0 Å². The van der Waals surface area contributed by atoms with Gasteiger partial charge in [0.15, 0.2) is 11.5 Å². The molecule has 24 heavy (non-hydrogen) atoms. The third-order valence-electron chi connectivity index (χ3n) is 3.82. The average molecular weight is 325 g/mol. The third kappa shape index (κ3) is 3.03. The van der Waals surface area contributed by atoms with Crippen LogP contribution in [0.4, 0.5) is 5.82 Å². The number of fused-ring (bicyclic) bond motifs is 1. The second-order valence-electron chi connectivity index (χ2n) is 5.43. The standard InChI is InChI=1S/C18H19N3O3/c1-20(12-13-7-8-14(23-2)15(10-13)24-3)17-11-18(22)21-9-5-4-6-16(21)19-17/h4-11H,12H2,1-3H3. The highest BCUT2D eigenvalue weighted by atomic mass is 16.5. The summed E-state index contributed by atoms with van der Waals surface area (Å²) < 4.78 is 12.1. The Morgan fingerprint density at radius 3 is 2.62 bits per heavy atom. The van der Waals surface area contributed by atoms with Gasteiger partial charge in [0.1, 0.15) is 11.5 Å². The number of ether oxygens (including phenoxy) is 2. The molecule has 0 spiro atoms. The molecule has 1 aromatic carbocycles. The molecule has 0 aliphatic carbocycles. The van der Waals surface area contributed by atoms with Crippen LogP contribution in [0.5, 0.6) is 11.5 Å². The molecular formula is C18H19N3O3. The number of methoxy groups -OCH3 is 2. The minimum Gasteiger partial charge on any atom is -0.493 e. The smallest absolute Gasteiger partial charge is 0.259 e. The van der Waals surface area contributed by atoms with Crippen molar-refractivity contribution in [1.29, 1.82) is 0 Å². The van der Waals surface area contributed by atoms with E-state index in [1.165, 1.54) is 10.5 Å². The van der Waals surface area contributed by atoms with Crippen LogP contribution in [0, 0.1) is 0 Å². The first-order valence-electron chi connectivity index (χ1n) is 7.53. The molecule has 3 rings (SSSR count). The maximum Gasteiger partial charge on any atom is 0.259 e. The van der Waals surface area contributed by atoms with Crippen LogP contribution in [0.25, 0.3) is 5.65 Å². The minimum absolute atomic E-state index is 0.102. The molecule has 6 nitrogen and oxygen atoms in total. The van der Waals surface area contributed by atoms with Gasteiger partial charge < -0.3 is 14.4 Å². The number of pyridine rings is 1. The lowest BCUT2D eigenvalue weighted by molar-refractivity contribution is 0.354. The first-order valence-corrected chi connectivity index (χ1v) is 7.53. The Morgan fingerprint density at radius 1 is 1.08 bits per heavy atom. The molecular weight excluding hydrogens is 306 g/mol. The summed E-state index contributed by atoms with van der Waals surface area (Å²) in [6.45, 7) is 0.593. The Bertz CT molecular complexity index is 921. The van der Waals surface area contributed by atoms with Crippen molar-refractivity contribution in [3.8, 4) is 11.5 Å². The summed E-state index contributed by atoms with van der Waals surface area (Å²) in [5, 5.41) is 0. The van der Waals surface area contributed by atoms with Gasteiger partial charge in [0, 0.05) is 25.9 Å². The largest absolute Gasteiger partial charge is 0.493 e. The molecule has 0 amide bonds. The SMILES string of the molecule is COc1ccc(CN(C)c2cc(=O)n3ccccc3n2)cc1OC. The van der Waals surface area contributed by atoms with E-state index in [1.807, 2.05) is 48.3 Å². The Morgan fingerprint density at radius 2 is 1.88 bits per heavy atom. The topological polar surface area (TPSA) is 56.1 Å². The van der Waals surface area contributed by atoms with Crippen molar-refractivity contribution in [1.82, 2.24) is 9.38 Å². The fourth-order valence-electron chi connectivity index (χ4n) is 2.57. The molecule has 124 valence electrons. The van der Waals surface area contributed by atoms with Gasteiger partial charge in [-0.15, -0.1) is 0 Å². The third-order valence-corrected chi connectivity index (χ3v) is 3.82. The zero-order chi connectivity index (χ0) is 17.1. The molecule has 6 heteroatoms. The minimum atomic E-state index is -0.102. The maximum atomic E-state index is 12.2. The van der Waals surface area contributed by atoms with E-state index in [9.17, 15) is 4.79 Å². The number of benzene rings is 1. The molecule has 3 aromatic rings. The number of nitrogens with zero attached hydrogens (tertiary/aromatic N) is 3. The molecule has 0 aliphatic rings. The molecule has 0 saturated heterocycles. The highest BCUT2D eigenvalue weighted by Gasteiger charge is 2.10. The van der Waals surface area contributed by atoms with E-state index in [0.717, 1.165) is 5.56 Å². The van der Waals surface area contributed by atoms with Crippen LogP contribution in [-0.4, -0.2) is 30.7 Å². The number of anilines is 1. The van der Waals surface area contributed by atoms with Gasteiger partial charge in [-0.05, 0) is 29.8 Å². The summed E-state index contributed by atoms with van der Waals surface area (Å²) in [7, 11) is 5.12. The lowest BCUT2D eigenvalue weighted by Crippen LogP contribution is -2.22. The van der Waals surface area contributed by atoms with Gasteiger partial charge in [0.05, 0.1) is 14.2 Å². The maximum absolute atomic E-state index is 12.2. The number of rotatable bonds is 5. The van der Waals surface area contributed by atoms with Crippen LogP contribution in [0.3, 0.4) is 0 Å². The van der Waals surface area contributed by atoms with E-state index in [0.29, 0.717) is 29.5 Å². The summed E-state index contributed by atoms with van der Waals surface area (Å²) in [4.78, 5) is 18.7. The second kappa shape index (κ2) is 6.62. The summed E-state index contributed by atoms with van der Waals surface area (Å²) in [5.74, 6) is 1.99. The van der Waals surface area contributed by atoms with Crippen LogP contribution in [0.15, 0.2) is 53.5 Å². The Hall–Kier alpha value is -3.02. The van der Waals surface area contributed by atoms with Gasteiger partial charge in [-0.25, -0.2) is 4.98 Å². The summed E-state index contributed by atoms with van der Waals surface area (Å²) in [6.07, 6.45) is 1.71. The Kier molecular flexibility index (Phi) is 4.37. The zero-order valence-corrected chi connectivity index (χ0v) is 13.9. The van der Waals surface area contributed by atoms with Crippen LogP contribution in [-0.2, 0) is 6.54 Å². The van der Waals surface area contributed by atoms with Crippen molar-refractivity contribution in [2.45, 2.75) is 6.54 Å². The van der Waals surface area contributed by atoms with E-state index in [2.05, 4.69) is 4.98 Å². The second-order valence-corrected chi connectivity index (χ2v) is 5.43. The molecule has 2 aromatic heterocycles. The molecule has 0 fully saturated rings. The van der Waals surface area contributed by atoms with Gasteiger partial charge in [-0.1, -0.05) is 12.1 Å². The highest BCUT2D eigenvalue weighted by Crippen LogP contribution is 2.28. The lowest BCUT2D eigenvalue weighted by Gasteiger charge is -2.19. The zero-order valence-electron chi connectivity index (χ0n) is 13.9. The molecule has 0 bridgehead atoms. The quantitative estimate of drug-likeness (QED) is 0.721. The first-order chi connectivity index (χ1) is 11.6. The van der Waals surface area contributed by atoms with Crippen LogP contribution >= 0.6 is 0 Å². The molecule has 0 unspecified atom stereocenters. The Labute approximate surface area is 139 Å². The lowest BCUT2D eigenvalue weighted by atomic mass is 10.2. The normalized spacial score (nSPS) is 10.6. The van der Waals surface area contributed by atoms with Crippen molar-refractivity contribution in [3.05, 3.63) is 64.6 Å². The van der Waals surface area contributed by atoms with Gasteiger partial charge in [-0.2, -0.15) is 0 Å². The monoisotopic (exact) mass is 325 g/mol. The highest BCUT2D eigenvalue weighted by molar-refractivity contribution is 5.49. The number of hydrogen-bond donors (Lipinski definition) is 0. The van der Waals surface area contributed by atoms with Crippen molar-refractivity contribution >= 4 is 11.5 Å².